The fraction of sp³-hybridized carbons (Fsp3) is 0.167. The van der Waals surface area contributed by atoms with Gasteiger partial charge in [-0.25, -0.2) is 4.98 Å². The van der Waals surface area contributed by atoms with Gasteiger partial charge in [-0.1, -0.05) is 17.7 Å². The number of imidazole rings is 1. The number of rotatable bonds is 2. The molecule has 0 bridgehead atoms. The summed E-state index contributed by atoms with van der Waals surface area (Å²) < 4.78 is 1.89. The number of hydrogen-bond donors (Lipinski definition) is 2. The number of nitrogens with two attached hydrogens (primary N) is 1. The minimum atomic E-state index is -0.0450. The maximum atomic E-state index is 7.60. The van der Waals surface area contributed by atoms with E-state index in [9.17, 15) is 0 Å². The van der Waals surface area contributed by atoms with Gasteiger partial charge in [0.05, 0.1) is 28.3 Å². The normalized spacial score (nSPS) is 10.5. The molecule has 2 aromatic rings. The monoisotopic (exact) mass is 248 g/mol. The summed E-state index contributed by atoms with van der Waals surface area (Å²) in [6.45, 7) is 3.90. The number of nitrogen functional groups attached to an aromatic ring is 1. The van der Waals surface area contributed by atoms with E-state index in [-0.39, 0.29) is 5.84 Å². The molecule has 1 aromatic carbocycles. The minimum Gasteiger partial charge on any atom is -0.384 e. The molecular formula is C12H13ClN4. The van der Waals surface area contributed by atoms with E-state index < -0.39 is 0 Å². The Bertz CT molecular complexity index is 586. The summed E-state index contributed by atoms with van der Waals surface area (Å²) in [5.74, 6) is -0.0450. The molecule has 88 valence electrons. The Labute approximate surface area is 105 Å². The van der Waals surface area contributed by atoms with Crippen LogP contribution in [0.15, 0.2) is 24.5 Å². The SMILES string of the molecule is Cc1ncn(-c2cccc(Cl)c2C(=N)N)c1C. The maximum absolute atomic E-state index is 7.60. The van der Waals surface area contributed by atoms with Crippen molar-refractivity contribution in [2.45, 2.75) is 13.8 Å². The van der Waals surface area contributed by atoms with Crippen LogP contribution in [0, 0.1) is 19.3 Å². The number of aromatic nitrogens is 2. The molecule has 1 aromatic heterocycles. The van der Waals surface area contributed by atoms with Crippen LogP contribution in [-0.4, -0.2) is 15.4 Å². The molecule has 0 amide bonds. The fourth-order valence-corrected chi connectivity index (χ4v) is 1.99. The lowest BCUT2D eigenvalue weighted by molar-refractivity contribution is 0.996. The predicted octanol–water partition coefficient (Wildman–Crippen LogP) is 2.43. The van der Waals surface area contributed by atoms with Gasteiger partial charge in [-0.15, -0.1) is 0 Å². The molecule has 3 N–H and O–H groups in total. The van der Waals surface area contributed by atoms with Crippen LogP contribution in [-0.2, 0) is 0 Å². The Kier molecular flexibility index (Phi) is 2.90. The average Bonchev–Trinajstić information content (AvgIpc) is 2.59. The number of hydrogen-bond acceptors (Lipinski definition) is 2. The van der Waals surface area contributed by atoms with Crippen LogP contribution in [0.1, 0.15) is 17.0 Å². The molecule has 0 saturated carbocycles. The van der Waals surface area contributed by atoms with Gasteiger partial charge in [0.1, 0.15) is 5.84 Å². The highest BCUT2D eigenvalue weighted by atomic mass is 35.5. The molecule has 1 heterocycles. The van der Waals surface area contributed by atoms with Gasteiger partial charge in [-0.2, -0.15) is 0 Å². The highest BCUT2D eigenvalue weighted by Gasteiger charge is 2.13. The summed E-state index contributed by atoms with van der Waals surface area (Å²) in [5.41, 5.74) is 8.85. The van der Waals surface area contributed by atoms with Gasteiger partial charge in [-0.3, -0.25) is 5.41 Å². The predicted molar refractivity (Wildman–Crippen MR) is 69.1 cm³/mol. The second kappa shape index (κ2) is 4.22. The van der Waals surface area contributed by atoms with Crippen molar-refractivity contribution in [2.24, 2.45) is 5.73 Å². The zero-order chi connectivity index (χ0) is 12.6. The number of nitrogens with one attached hydrogen (secondary N) is 1. The van der Waals surface area contributed by atoms with Crippen LogP contribution in [0.5, 0.6) is 0 Å². The third-order valence-corrected chi connectivity index (χ3v) is 3.09. The molecule has 0 atom stereocenters. The molecule has 0 radical (unpaired) electrons. The van der Waals surface area contributed by atoms with Gasteiger partial charge >= 0.3 is 0 Å². The summed E-state index contributed by atoms with van der Waals surface area (Å²) in [5, 5.41) is 8.08. The standard InChI is InChI=1S/C12H13ClN4/c1-7-8(2)17(6-16-7)10-5-3-4-9(13)11(10)12(14)15/h3-6H,1-2H3,(H3,14,15). The number of nitrogens with zero attached hydrogens (tertiary/aromatic N) is 2. The van der Waals surface area contributed by atoms with E-state index in [2.05, 4.69) is 4.98 Å². The number of aryl methyl sites for hydroxylation is 1. The molecule has 0 unspecified atom stereocenters. The van der Waals surface area contributed by atoms with E-state index in [0.717, 1.165) is 17.1 Å². The summed E-state index contributed by atoms with van der Waals surface area (Å²) in [4.78, 5) is 4.23. The maximum Gasteiger partial charge on any atom is 0.126 e. The largest absolute Gasteiger partial charge is 0.384 e. The fourth-order valence-electron chi connectivity index (χ4n) is 1.72. The van der Waals surface area contributed by atoms with Crippen molar-refractivity contribution < 1.29 is 0 Å². The van der Waals surface area contributed by atoms with E-state index in [1.165, 1.54) is 0 Å². The van der Waals surface area contributed by atoms with Crippen molar-refractivity contribution in [1.29, 1.82) is 5.41 Å². The number of halogens is 1. The first-order chi connectivity index (χ1) is 8.02. The molecule has 2 rings (SSSR count). The Balaban J connectivity index is 2.72. The van der Waals surface area contributed by atoms with Gasteiger partial charge in [0.15, 0.2) is 0 Å². The van der Waals surface area contributed by atoms with Crippen molar-refractivity contribution in [3.8, 4) is 5.69 Å². The van der Waals surface area contributed by atoms with Crippen molar-refractivity contribution in [3.63, 3.8) is 0 Å². The van der Waals surface area contributed by atoms with Gasteiger partial charge < -0.3 is 10.3 Å². The Morgan fingerprint density at radius 2 is 2.12 bits per heavy atom. The van der Waals surface area contributed by atoms with Gasteiger partial charge in [0.2, 0.25) is 0 Å². The second-order valence-corrected chi connectivity index (χ2v) is 4.24. The van der Waals surface area contributed by atoms with Crippen LogP contribution >= 0.6 is 11.6 Å². The van der Waals surface area contributed by atoms with Crippen molar-refractivity contribution in [1.82, 2.24) is 9.55 Å². The summed E-state index contributed by atoms with van der Waals surface area (Å²) in [7, 11) is 0. The lowest BCUT2D eigenvalue weighted by Crippen LogP contribution is -2.15. The Morgan fingerprint density at radius 1 is 1.41 bits per heavy atom. The lowest BCUT2D eigenvalue weighted by atomic mass is 10.1. The van der Waals surface area contributed by atoms with Gasteiger partial charge in [0, 0.05) is 5.69 Å². The van der Waals surface area contributed by atoms with E-state index >= 15 is 0 Å². The zero-order valence-electron chi connectivity index (χ0n) is 9.66. The van der Waals surface area contributed by atoms with Crippen LogP contribution < -0.4 is 5.73 Å². The van der Waals surface area contributed by atoms with Gasteiger partial charge in [-0.05, 0) is 26.0 Å². The van der Waals surface area contributed by atoms with Crippen LogP contribution in [0.2, 0.25) is 5.02 Å². The first-order valence-corrected chi connectivity index (χ1v) is 5.54. The molecule has 4 nitrogen and oxygen atoms in total. The van der Waals surface area contributed by atoms with Crippen molar-refractivity contribution in [2.75, 3.05) is 0 Å². The number of amidine groups is 1. The molecular weight excluding hydrogens is 236 g/mol. The molecule has 0 fully saturated rings. The summed E-state index contributed by atoms with van der Waals surface area (Å²) >= 11 is 6.08. The summed E-state index contributed by atoms with van der Waals surface area (Å²) in [6.07, 6.45) is 1.71. The third-order valence-electron chi connectivity index (χ3n) is 2.77. The third kappa shape index (κ3) is 1.91. The highest BCUT2D eigenvalue weighted by molar-refractivity contribution is 6.34. The van der Waals surface area contributed by atoms with Gasteiger partial charge in [0.25, 0.3) is 0 Å². The quantitative estimate of drug-likeness (QED) is 0.633. The first kappa shape index (κ1) is 11.7. The second-order valence-electron chi connectivity index (χ2n) is 3.83. The first-order valence-electron chi connectivity index (χ1n) is 5.16. The van der Waals surface area contributed by atoms with E-state index in [4.69, 9.17) is 22.7 Å². The average molecular weight is 249 g/mol. The molecule has 0 aliphatic heterocycles. The van der Waals surface area contributed by atoms with Crippen molar-refractivity contribution in [3.05, 3.63) is 46.5 Å². The lowest BCUT2D eigenvalue weighted by Gasteiger charge is -2.12. The topological polar surface area (TPSA) is 67.7 Å². The molecule has 0 spiro atoms. The zero-order valence-corrected chi connectivity index (χ0v) is 10.4. The Hall–Kier alpha value is -1.81. The van der Waals surface area contributed by atoms with Crippen molar-refractivity contribution >= 4 is 17.4 Å². The van der Waals surface area contributed by atoms with E-state index in [1.807, 2.05) is 30.5 Å². The molecule has 0 saturated heterocycles. The summed E-state index contributed by atoms with van der Waals surface area (Å²) in [6, 6.07) is 5.43. The molecule has 5 heteroatoms. The van der Waals surface area contributed by atoms with Crippen LogP contribution in [0.4, 0.5) is 0 Å². The van der Waals surface area contributed by atoms with E-state index in [1.54, 1.807) is 12.4 Å². The number of benzene rings is 1. The minimum absolute atomic E-state index is 0.0450. The van der Waals surface area contributed by atoms with Crippen LogP contribution in [0.3, 0.4) is 0 Å². The smallest absolute Gasteiger partial charge is 0.126 e. The molecule has 0 aliphatic rings. The van der Waals surface area contributed by atoms with Crippen LogP contribution in [0.25, 0.3) is 5.69 Å². The Morgan fingerprint density at radius 3 is 2.65 bits per heavy atom. The van der Waals surface area contributed by atoms with E-state index in [0.29, 0.717) is 10.6 Å². The molecule has 0 aliphatic carbocycles. The highest BCUT2D eigenvalue weighted by Crippen LogP contribution is 2.24. The molecule has 17 heavy (non-hydrogen) atoms.